The summed E-state index contributed by atoms with van der Waals surface area (Å²) in [4.78, 5) is 25.6. The topological polar surface area (TPSA) is 82.2 Å². The molecular formula is C11H10N2O4. The molecule has 0 saturated heterocycles. The molecule has 0 fully saturated rings. The number of benzene rings is 1. The van der Waals surface area contributed by atoms with Gasteiger partial charge in [-0.25, -0.2) is 4.85 Å². The minimum Gasteiger partial charge on any atom is -0.480 e. The van der Waals surface area contributed by atoms with Crippen molar-refractivity contribution in [2.24, 2.45) is 0 Å². The van der Waals surface area contributed by atoms with Crippen molar-refractivity contribution < 1.29 is 19.8 Å². The Balaban J connectivity index is 2.91. The lowest BCUT2D eigenvalue weighted by atomic mass is 10.2. The van der Waals surface area contributed by atoms with Crippen LogP contribution in [0.5, 0.6) is 0 Å². The molecule has 0 atom stereocenters. The van der Waals surface area contributed by atoms with Crippen LogP contribution >= 0.6 is 0 Å². The fourth-order valence-electron chi connectivity index (χ4n) is 1.30. The molecule has 0 saturated carbocycles. The zero-order chi connectivity index (χ0) is 12.8. The third kappa shape index (κ3) is 3.83. The molecule has 0 spiro atoms. The first-order valence-corrected chi connectivity index (χ1v) is 4.69. The van der Waals surface area contributed by atoms with Gasteiger partial charge in [-0.2, -0.15) is 0 Å². The monoisotopic (exact) mass is 234 g/mol. The van der Waals surface area contributed by atoms with Crippen LogP contribution in [0.15, 0.2) is 24.3 Å². The Morgan fingerprint density at radius 1 is 1.12 bits per heavy atom. The van der Waals surface area contributed by atoms with Crippen LogP contribution in [-0.2, 0) is 9.59 Å². The summed E-state index contributed by atoms with van der Waals surface area (Å²) < 4.78 is 0. The number of nitrogens with zero attached hydrogens (tertiary/aromatic N) is 2. The first-order valence-electron chi connectivity index (χ1n) is 4.69. The lowest BCUT2D eigenvalue weighted by molar-refractivity contribution is -0.136. The quantitative estimate of drug-likeness (QED) is 0.748. The summed E-state index contributed by atoms with van der Waals surface area (Å²) in [5.41, 5.74) is 0.876. The molecule has 0 heterocycles. The van der Waals surface area contributed by atoms with Crippen molar-refractivity contribution >= 4 is 23.3 Å². The van der Waals surface area contributed by atoms with Crippen molar-refractivity contribution in [2.45, 2.75) is 0 Å². The van der Waals surface area contributed by atoms with Crippen LogP contribution in [0.25, 0.3) is 4.85 Å². The molecule has 0 aliphatic carbocycles. The molecule has 17 heavy (non-hydrogen) atoms. The molecule has 2 N–H and O–H groups in total. The van der Waals surface area contributed by atoms with Gasteiger partial charge in [-0.3, -0.25) is 9.59 Å². The van der Waals surface area contributed by atoms with Crippen molar-refractivity contribution in [3.8, 4) is 0 Å². The normalized spacial score (nSPS) is 9.35. The van der Waals surface area contributed by atoms with Crippen LogP contribution in [0, 0.1) is 6.57 Å². The molecule has 0 amide bonds. The van der Waals surface area contributed by atoms with E-state index in [4.69, 9.17) is 16.8 Å². The number of anilines is 1. The Morgan fingerprint density at radius 3 is 1.94 bits per heavy atom. The SMILES string of the molecule is [C-]#[N+]c1ccc(N(CC(=O)O)CC(=O)O)cc1. The first kappa shape index (κ1) is 12.5. The van der Waals surface area contributed by atoms with Gasteiger partial charge in [-0.05, 0) is 12.1 Å². The van der Waals surface area contributed by atoms with E-state index in [1.807, 2.05) is 0 Å². The standard InChI is InChI=1S/C11H10N2O4/c1-12-8-2-4-9(5-3-8)13(6-10(14)15)7-11(16)17/h2-5H,6-7H2,(H,14,15)(H,16,17). The Hall–Kier alpha value is -2.55. The second kappa shape index (κ2) is 5.51. The van der Waals surface area contributed by atoms with Crippen LogP contribution in [-0.4, -0.2) is 35.2 Å². The van der Waals surface area contributed by atoms with Crippen LogP contribution in [0.4, 0.5) is 11.4 Å². The maximum absolute atomic E-state index is 10.6. The molecular weight excluding hydrogens is 224 g/mol. The second-order valence-corrected chi connectivity index (χ2v) is 3.27. The average molecular weight is 234 g/mol. The molecule has 88 valence electrons. The number of hydrogen-bond donors (Lipinski definition) is 2. The molecule has 1 aromatic carbocycles. The largest absolute Gasteiger partial charge is 0.480 e. The maximum atomic E-state index is 10.6. The summed E-state index contributed by atoms with van der Waals surface area (Å²) in [5.74, 6) is -2.22. The maximum Gasteiger partial charge on any atom is 0.323 e. The van der Waals surface area contributed by atoms with Gasteiger partial charge in [0, 0.05) is 5.69 Å². The van der Waals surface area contributed by atoms with Crippen molar-refractivity contribution in [1.82, 2.24) is 0 Å². The average Bonchev–Trinajstić information content (AvgIpc) is 2.27. The fourth-order valence-corrected chi connectivity index (χ4v) is 1.30. The number of hydrogen-bond acceptors (Lipinski definition) is 3. The lowest BCUT2D eigenvalue weighted by Crippen LogP contribution is -2.34. The Kier molecular flexibility index (Phi) is 4.06. The smallest absolute Gasteiger partial charge is 0.323 e. The summed E-state index contributed by atoms with van der Waals surface area (Å²) in [7, 11) is 0. The van der Waals surface area contributed by atoms with Crippen LogP contribution in [0.3, 0.4) is 0 Å². The Morgan fingerprint density at radius 2 is 1.59 bits per heavy atom. The van der Waals surface area contributed by atoms with Crippen LogP contribution < -0.4 is 4.90 Å². The zero-order valence-electron chi connectivity index (χ0n) is 8.83. The highest BCUT2D eigenvalue weighted by atomic mass is 16.4. The number of carbonyl (C=O) groups is 2. The van der Waals surface area contributed by atoms with Crippen molar-refractivity contribution in [3.63, 3.8) is 0 Å². The molecule has 0 unspecified atom stereocenters. The Bertz CT molecular complexity index is 445. The first-order chi connectivity index (χ1) is 8.02. The van der Waals surface area contributed by atoms with E-state index in [0.717, 1.165) is 0 Å². The molecule has 6 heteroatoms. The molecule has 1 rings (SSSR count). The lowest BCUT2D eigenvalue weighted by Gasteiger charge is -2.20. The summed E-state index contributed by atoms with van der Waals surface area (Å²) in [5, 5.41) is 17.4. The van der Waals surface area contributed by atoms with Gasteiger partial charge in [-0.1, -0.05) is 12.1 Å². The highest BCUT2D eigenvalue weighted by molar-refractivity contribution is 5.79. The fraction of sp³-hybridized carbons (Fsp3) is 0.182. The highest BCUT2D eigenvalue weighted by Gasteiger charge is 2.13. The molecule has 0 aliphatic heterocycles. The van der Waals surface area contributed by atoms with E-state index in [1.165, 1.54) is 29.2 Å². The van der Waals surface area contributed by atoms with Gasteiger partial charge in [0.05, 0.1) is 6.57 Å². The predicted molar refractivity (Wildman–Crippen MR) is 60.2 cm³/mol. The van der Waals surface area contributed by atoms with Gasteiger partial charge >= 0.3 is 11.9 Å². The van der Waals surface area contributed by atoms with E-state index in [1.54, 1.807) is 0 Å². The van der Waals surface area contributed by atoms with Crippen molar-refractivity contribution in [3.05, 3.63) is 35.7 Å². The van der Waals surface area contributed by atoms with E-state index in [0.29, 0.717) is 11.4 Å². The number of carboxylic acid groups (broad SMARTS) is 2. The van der Waals surface area contributed by atoms with E-state index in [9.17, 15) is 9.59 Å². The number of carboxylic acids is 2. The third-order valence-electron chi connectivity index (χ3n) is 2.00. The van der Waals surface area contributed by atoms with Crippen LogP contribution in [0.2, 0.25) is 0 Å². The van der Waals surface area contributed by atoms with Gasteiger partial charge < -0.3 is 15.1 Å². The second-order valence-electron chi connectivity index (χ2n) is 3.27. The van der Waals surface area contributed by atoms with E-state index in [-0.39, 0.29) is 0 Å². The zero-order valence-corrected chi connectivity index (χ0v) is 8.83. The van der Waals surface area contributed by atoms with Gasteiger partial charge in [0.25, 0.3) is 0 Å². The van der Waals surface area contributed by atoms with E-state index >= 15 is 0 Å². The minimum absolute atomic E-state index is 0.399. The molecule has 0 aliphatic rings. The number of rotatable bonds is 5. The summed E-state index contributed by atoms with van der Waals surface area (Å²) in [6.07, 6.45) is 0. The molecule has 6 nitrogen and oxygen atoms in total. The predicted octanol–water partition coefficient (Wildman–Crippen LogP) is 1.21. The van der Waals surface area contributed by atoms with Gasteiger partial charge in [0.2, 0.25) is 0 Å². The van der Waals surface area contributed by atoms with Gasteiger partial charge in [0.15, 0.2) is 5.69 Å². The molecule has 0 aromatic heterocycles. The molecule has 0 bridgehead atoms. The van der Waals surface area contributed by atoms with Gasteiger partial charge in [0.1, 0.15) is 13.1 Å². The molecule has 1 aromatic rings. The molecule has 0 radical (unpaired) electrons. The van der Waals surface area contributed by atoms with Crippen molar-refractivity contribution in [1.29, 1.82) is 0 Å². The Labute approximate surface area is 97.5 Å². The summed E-state index contributed by atoms with van der Waals surface area (Å²) in [6, 6.07) is 6.08. The van der Waals surface area contributed by atoms with Crippen molar-refractivity contribution in [2.75, 3.05) is 18.0 Å². The van der Waals surface area contributed by atoms with E-state index < -0.39 is 25.0 Å². The minimum atomic E-state index is -1.11. The van der Waals surface area contributed by atoms with E-state index in [2.05, 4.69) is 4.85 Å². The highest BCUT2D eigenvalue weighted by Crippen LogP contribution is 2.19. The van der Waals surface area contributed by atoms with Crippen LogP contribution in [0.1, 0.15) is 0 Å². The number of aliphatic carboxylic acids is 2. The summed E-state index contributed by atoms with van der Waals surface area (Å²) >= 11 is 0. The third-order valence-corrected chi connectivity index (χ3v) is 2.00. The summed E-state index contributed by atoms with van der Waals surface area (Å²) in [6.45, 7) is 5.97. The van der Waals surface area contributed by atoms with Gasteiger partial charge in [-0.15, -0.1) is 0 Å².